The average Bonchev–Trinajstić information content (AvgIpc) is 2.92. The van der Waals surface area contributed by atoms with Crippen molar-refractivity contribution >= 4 is 22.5 Å². The molecule has 0 saturated heterocycles. The number of halogens is 1. The molecule has 2 aromatic carbocycles. The van der Waals surface area contributed by atoms with Crippen LogP contribution in [0.5, 0.6) is 5.75 Å². The van der Waals surface area contributed by atoms with Crippen LogP contribution in [0.3, 0.4) is 0 Å². The lowest BCUT2D eigenvalue weighted by atomic mass is 10.2. The summed E-state index contributed by atoms with van der Waals surface area (Å²) in [6.45, 7) is 0. The van der Waals surface area contributed by atoms with Gasteiger partial charge in [-0.15, -0.1) is 0 Å². The summed E-state index contributed by atoms with van der Waals surface area (Å²) in [5.41, 5.74) is 1.33. The molecule has 1 aromatic heterocycles. The highest BCUT2D eigenvalue weighted by atomic mass is 19.1. The summed E-state index contributed by atoms with van der Waals surface area (Å²) in [5, 5.41) is 3.39. The van der Waals surface area contributed by atoms with E-state index in [1.165, 1.54) is 12.1 Å². The smallest absolute Gasteiger partial charge is 0.272 e. The highest BCUT2D eigenvalue weighted by Crippen LogP contribution is 2.22. The van der Waals surface area contributed by atoms with Crippen LogP contribution in [0, 0.1) is 5.82 Å². The van der Waals surface area contributed by atoms with E-state index in [1.807, 2.05) is 12.1 Å². The van der Waals surface area contributed by atoms with Gasteiger partial charge >= 0.3 is 0 Å². The number of amides is 1. The van der Waals surface area contributed by atoms with E-state index in [2.05, 4.69) is 10.3 Å². The maximum atomic E-state index is 13.5. The molecule has 0 spiro atoms. The fraction of sp³-hybridized carbons (Fsp3) is 0.0625. The summed E-state index contributed by atoms with van der Waals surface area (Å²) in [5.74, 6) is -0.151. The third-order valence-corrected chi connectivity index (χ3v) is 3.19. The number of rotatable bonds is 3. The molecule has 0 unspecified atom stereocenters. The van der Waals surface area contributed by atoms with Gasteiger partial charge < -0.3 is 15.0 Å². The molecule has 0 radical (unpaired) electrons. The molecule has 1 amide bonds. The van der Waals surface area contributed by atoms with E-state index in [0.717, 1.165) is 10.9 Å². The summed E-state index contributed by atoms with van der Waals surface area (Å²) in [6.07, 6.45) is 0. The highest BCUT2D eigenvalue weighted by Gasteiger charge is 2.12. The van der Waals surface area contributed by atoms with Crippen molar-refractivity contribution in [3.05, 3.63) is 60.0 Å². The van der Waals surface area contributed by atoms with Crippen molar-refractivity contribution in [3.63, 3.8) is 0 Å². The van der Waals surface area contributed by atoms with Gasteiger partial charge in [0.1, 0.15) is 17.3 Å². The molecule has 0 saturated carbocycles. The number of hydrogen-bond acceptors (Lipinski definition) is 2. The van der Waals surface area contributed by atoms with Gasteiger partial charge in [-0.2, -0.15) is 0 Å². The van der Waals surface area contributed by atoms with Crippen LogP contribution in [0.25, 0.3) is 10.9 Å². The molecule has 0 aliphatic heterocycles. The van der Waals surface area contributed by atoms with Crippen LogP contribution in [0.2, 0.25) is 0 Å². The Bertz CT molecular complexity index is 811. The molecule has 4 nitrogen and oxygen atoms in total. The van der Waals surface area contributed by atoms with Crippen LogP contribution in [-0.2, 0) is 0 Å². The minimum Gasteiger partial charge on any atom is -0.497 e. The van der Waals surface area contributed by atoms with Gasteiger partial charge in [-0.25, -0.2) is 4.39 Å². The zero-order chi connectivity index (χ0) is 14.8. The van der Waals surface area contributed by atoms with Gasteiger partial charge in [0.05, 0.1) is 12.8 Å². The molecular formula is C16H13FN2O2. The van der Waals surface area contributed by atoms with Crippen molar-refractivity contribution in [1.29, 1.82) is 0 Å². The predicted octanol–water partition coefficient (Wildman–Crippen LogP) is 3.57. The number of benzene rings is 2. The molecular weight excluding hydrogens is 271 g/mol. The Morgan fingerprint density at radius 2 is 2.00 bits per heavy atom. The Balaban J connectivity index is 1.89. The number of aromatic nitrogens is 1. The molecule has 0 aliphatic carbocycles. The van der Waals surface area contributed by atoms with Gasteiger partial charge in [0.15, 0.2) is 0 Å². The van der Waals surface area contributed by atoms with Crippen molar-refractivity contribution in [3.8, 4) is 5.75 Å². The van der Waals surface area contributed by atoms with E-state index in [1.54, 1.807) is 31.4 Å². The lowest BCUT2D eigenvalue weighted by Crippen LogP contribution is -2.13. The summed E-state index contributed by atoms with van der Waals surface area (Å²) < 4.78 is 18.7. The third kappa shape index (κ3) is 2.58. The van der Waals surface area contributed by atoms with Crippen molar-refractivity contribution < 1.29 is 13.9 Å². The van der Waals surface area contributed by atoms with Crippen molar-refractivity contribution in [2.75, 3.05) is 12.4 Å². The standard InChI is InChI=1S/C16H13FN2O2/c1-21-11-6-7-13-10(8-11)9-15(18-13)16(20)19-14-5-3-2-4-12(14)17/h2-9,18H,1H3,(H,19,20). The second kappa shape index (κ2) is 5.28. The molecule has 5 heteroatoms. The molecule has 21 heavy (non-hydrogen) atoms. The summed E-state index contributed by atoms with van der Waals surface area (Å²) in [6, 6.07) is 13.2. The van der Waals surface area contributed by atoms with Crippen molar-refractivity contribution in [2.24, 2.45) is 0 Å². The van der Waals surface area contributed by atoms with Crippen LogP contribution in [0.4, 0.5) is 10.1 Å². The van der Waals surface area contributed by atoms with E-state index in [9.17, 15) is 9.18 Å². The number of anilines is 1. The topological polar surface area (TPSA) is 54.1 Å². The van der Waals surface area contributed by atoms with Gasteiger partial charge in [-0.1, -0.05) is 12.1 Å². The fourth-order valence-corrected chi connectivity index (χ4v) is 2.11. The summed E-state index contributed by atoms with van der Waals surface area (Å²) in [7, 11) is 1.58. The first kappa shape index (κ1) is 13.2. The van der Waals surface area contributed by atoms with Gasteiger partial charge in [0, 0.05) is 10.9 Å². The molecule has 106 valence electrons. The van der Waals surface area contributed by atoms with E-state index >= 15 is 0 Å². The molecule has 3 aromatic rings. The average molecular weight is 284 g/mol. The third-order valence-electron chi connectivity index (χ3n) is 3.19. The molecule has 0 fully saturated rings. The SMILES string of the molecule is COc1ccc2[nH]c(C(=O)Nc3ccccc3F)cc2c1. The molecule has 0 aliphatic rings. The number of H-pyrrole nitrogens is 1. The number of nitrogens with one attached hydrogen (secondary N) is 2. The fourth-order valence-electron chi connectivity index (χ4n) is 2.11. The number of fused-ring (bicyclic) bond motifs is 1. The maximum Gasteiger partial charge on any atom is 0.272 e. The minimum absolute atomic E-state index is 0.152. The molecule has 0 atom stereocenters. The van der Waals surface area contributed by atoms with Crippen LogP contribution < -0.4 is 10.1 Å². The number of carbonyl (C=O) groups excluding carboxylic acids is 1. The van der Waals surface area contributed by atoms with Crippen LogP contribution in [0.15, 0.2) is 48.5 Å². The summed E-state index contributed by atoms with van der Waals surface area (Å²) in [4.78, 5) is 15.1. The van der Waals surface area contributed by atoms with Crippen LogP contribution in [0.1, 0.15) is 10.5 Å². The number of para-hydroxylation sites is 1. The van der Waals surface area contributed by atoms with Crippen molar-refractivity contribution in [1.82, 2.24) is 4.98 Å². The van der Waals surface area contributed by atoms with Gasteiger partial charge in [-0.3, -0.25) is 4.79 Å². The number of methoxy groups -OCH3 is 1. The van der Waals surface area contributed by atoms with Gasteiger partial charge in [-0.05, 0) is 36.4 Å². The zero-order valence-corrected chi connectivity index (χ0v) is 11.3. The quantitative estimate of drug-likeness (QED) is 0.772. The highest BCUT2D eigenvalue weighted by molar-refractivity contribution is 6.06. The first-order chi connectivity index (χ1) is 10.2. The van der Waals surface area contributed by atoms with E-state index < -0.39 is 11.7 Å². The minimum atomic E-state index is -0.469. The second-order valence-electron chi connectivity index (χ2n) is 4.57. The van der Waals surface area contributed by atoms with Gasteiger partial charge in [0.25, 0.3) is 5.91 Å². The lowest BCUT2D eigenvalue weighted by Gasteiger charge is -2.04. The molecule has 0 bridgehead atoms. The Morgan fingerprint density at radius 3 is 2.76 bits per heavy atom. The lowest BCUT2D eigenvalue weighted by molar-refractivity contribution is 0.102. The Kier molecular flexibility index (Phi) is 3.31. The zero-order valence-electron chi connectivity index (χ0n) is 11.3. The Morgan fingerprint density at radius 1 is 1.19 bits per heavy atom. The number of ether oxygens (including phenoxy) is 1. The first-order valence-electron chi connectivity index (χ1n) is 6.40. The first-order valence-corrected chi connectivity index (χ1v) is 6.40. The molecule has 3 rings (SSSR count). The number of carbonyl (C=O) groups is 1. The Hall–Kier alpha value is -2.82. The van der Waals surface area contributed by atoms with Crippen molar-refractivity contribution in [2.45, 2.75) is 0 Å². The number of hydrogen-bond donors (Lipinski definition) is 2. The van der Waals surface area contributed by atoms with Crippen LogP contribution >= 0.6 is 0 Å². The predicted molar refractivity (Wildman–Crippen MR) is 79.2 cm³/mol. The summed E-state index contributed by atoms with van der Waals surface area (Å²) >= 11 is 0. The van der Waals surface area contributed by atoms with E-state index in [4.69, 9.17) is 4.74 Å². The molecule has 1 heterocycles. The maximum absolute atomic E-state index is 13.5. The Labute approximate surface area is 120 Å². The van der Waals surface area contributed by atoms with E-state index in [-0.39, 0.29) is 5.69 Å². The second-order valence-corrected chi connectivity index (χ2v) is 4.57. The largest absolute Gasteiger partial charge is 0.497 e. The van der Waals surface area contributed by atoms with Crippen LogP contribution in [-0.4, -0.2) is 18.0 Å². The monoisotopic (exact) mass is 284 g/mol. The van der Waals surface area contributed by atoms with E-state index in [0.29, 0.717) is 11.4 Å². The molecule has 2 N–H and O–H groups in total. The number of aromatic amines is 1. The normalized spacial score (nSPS) is 10.6. The van der Waals surface area contributed by atoms with Gasteiger partial charge in [0.2, 0.25) is 0 Å².